The topological polar surface area (TPSA) is 75.4 Å². The molecule has 0 radical (unpaired) electrons. The highest BCUT2D eigenvalue weighted by molar-refractivity contribution is 6.30. The lowest BCUT2D eigenvalue weighted by Crippen LogP contribution is -2.14. The Morgan fingerprint density at radius 1 is 1.03 bits per heavy atom. The molecule has 1 heterocycles. The van der Waals surface area contributed by atoms with E-state index in [2.05, 4.69) is 10.3 Å². The molecule has 7 heteroatoms. The zero-order chi connectivity index (χ0) is 21.1. The number of carbonyl (C=O) groups excluding carboxylic acids is 1. The van der Waals surface area contributed by atoms with Gasteiger partial charge in [-0.15, -0.1) is 0 Å². The Kier molecular flexibility index (Phi) is 5.50. The zero-order valence-corrected chi connectivity index (χ0v) is 16.4. The SMILES string of the molecule is O=C(Cc1ccc(F)cc1O)Nc1oc(-c2ccccc2)nc1-c1cccc(Cl)c1. The summed E-state index contributed by atoms with van der Waals surface area (Å²) in [5, 5.41) is 13.1. The summed E-state index contributed by atoms with van der Waals surface area (Å²) < 4.78 is 19.0. The molecule has 150 valence electrons. The number of benzene rings is 3. The number of hydrogen-bond acceptors (Lipinski definition) is 4. The fourth-order valence-corrected chi connectivity index (χ4v) is 3.16. The number of nitrogens with zero attached hydrogens (tertiary/aromatic N) is 1. The number of rotatable bonds is 5. The van der Waals surface area contributed by atoms with Crippen molar-refractivity contribution < 1.29 is 18.7 Å². The van der Waals surface area contributed by atoms with Crippen LogP contribution >= 0.6 is 11.6 Å². The van der Waals surface area contributed by atoms with Crippen molar-refractivity contribution in [3.8, 4) is 28.5 Å². The predicted octanol–water partition coefficient (Wildman–Crippen LogP) is 5.69. The number of carbonyl (C=O) groups is 1. The number of nitrogens with one attached hydrogen (secondary N) is 1. The molecular weight excluding hydrogens is 407 g/mol. The fraction of sp³-hybridized carbons (Fsp3) is 0.0435. The van der Waals surface area contributed by atoms with E-state index in [9.17, 15) is 14.3 Å². The first-order valence-electron chi connectivity index (χ1n) is 9.09. The van der Waals surface area contributed by atoms with Crippen LogP contribution in [-0.2, 0) is 11.2 Å². The first-order valence-corrected chi connectivity index (χ1v) is 9.47. The van der Waals surface area contributed by atoms with Gasteiger partial charge in [0.2, 0.25) is 17.7 Å². The van der Waals surface area contributed by atoms with Gasteiger partial charge in [0.1, 0.15) is 17.3 Å². The number of halogens is 2. The summed E-state index contributed by atoms with van der Waals surface area (Å²) in [5.41, 5.74) is 2.14. The molecular formula is C23H16ClFN2O3. The summed E-state index contributed by atoms with van der Waals surface area (Å²) in [6, 6.07) is 19.8. The molecule has 0 saturated heterocycles. The number of anilines is 1. The zero-order valence-electron chi connectivity index (χ0n) is 15.6. The van der Waals surface area contributed by atoms with Gasteiger partial charge in [-0.1, -0.05) is 48.0 Å². The summed E-state index contributed by atoms with van der Waals surface area (Å²) in [6.07, 6.45) is -0.164. The Balaban J connectivity index is 1.67. The minimum absolute atomic E-state index is 0.155. The van der Waals surface area contributed by atoms with Crippen molar-refractivity contribution in [3.05, 3.63) is 89.2 Å². The Morgan fingerprint density at radius 3 is 2.53 bits per heavy atom. The Labute approximate surface area is 176 Å². The van der Waals surface area contributed by atoms with Gasteiger partial charge in [-0.25, -0.2) is 9.37 Å². The summed E-state index contributed by atoms with van der Waals surface area (Å²) in [6.45, 7) is 0. The van der Waals surface area contributed by atoms with Gasteiger partial charge < -0.3 is 9.52 Å². The van der Waals surface area contributed by atoms with Crippen LogP contribution in [0.5, 0.6) is 5.75 Å². The van der Waals surface area contributed by atoms with E-state index >= 15 is 0 Å². The Morgan fingerprint density at radius 2 is 1.80 bits per heavy atom. The minimum atomic E-state index is -0.581. The summed E-state index contributed by atoms with van der Waals surface area (Å²) >= 11 is 6.11. The van der Waals surface area contributed by atoms with Crippen LogP contribution in [0.4, 0.5) is 10.3 Å². The lowest BCUT2D eigenvalue weighted by Gasteiger charge is -2.06. The molecule has 0 fully saturated rings. The van der Waals surface area contributed by atoms with Crippen LogP contribution in [0.3, 0.4) is 0 Å². The van der Waals surface area contributed by atoms with Crippen molar-refractivity contribution in [1.82, 2.24) is 4.98 Å². The number of oxazole rings is 1. The largest absolute Gasteiger partial charge is 0.508 e. The number of amides is 1. The van der Waals surface area contributed by atoms with Crippen molar-refractivity contribution in [1.29, 1.82) is 0 Å². The van der Waals surface area contributed by atoms with Crippen LogP contribution in [0.2, 0.25) is 5.02 Å². The fourth-order valence-electron chi connectivity index (χ4n) is 2.97. The molecule has 5 nitrogen and oxygen atoms in total. The number of phenols is 1. The molecule has 0 saturated carbocycles. The van der Waals surface area contributed by atoms with E-state index in [1.807, 2.05) is 30.3 Å². The maximum absolute atomic E-state index is 13.2. The normalized spacial score (nSPS) is 10.7. The number of aromatic hydroxyl groups is 1. The smallest absolute Gasteiger partial charge is 0.231 e. The van der Waals surface area contributed by atoms with E-state index in [-0.39, 0.29) is 18.1 Å². The van der Waals surface area contributed by atoms with Gasteiger partial charge in [0.15, 0.2) is 0 Å². The summed E-state index contributed by atoms with van der Waals surface area (Å²) in [7, 11) is 0. The molecule has 1 amide bonds. The van der Waals surface area contributed by atoms with E-state index < -0.39 is 11.7 Å². The number of aromatic nitrogens is 1. The molecule has 0 atom stereocenters. The van der Waals surface area contributed by atoms with E-state index in [0.29, 0.717) is 27.7 Å². The quantitative estimate of drug-likeness (QED) is 0.433. The van der Waals surface area contributed by atoms with E-state index in [4.69, 9.17) is 16.0 Å². The molecule has 0 aliphatic rings. The van der Waals surface area contributed by atoms with E-state index in [1.54, 1.807) is 24.3 Å². The number of phenolic OH excluding ortho intramolecular Hbond substituents is 1. The average Bonchev–Trinajstić information content (AvgIpc) is 3.14. The van der Waals surface area contributed by atoms with Crippen LogP contribution in [0.15, 0.2) is 77.2 Å². The number of hydrogen-bond donors (Lipinski definition) is 2. The molecule has 2 N–H and O–H groups in total. The first-order chi connectivity index (χ1) is 14.5. The molecule has 30 heavy (non-hydrogen) atoms. The van der Waals surface area contributed by atoms with Gasteiger partial charge in [0.25, 0.3) is 0 Å². The second kappa shape index (κ2) is 8.39. The van der Waals surface area contributed by atoms with Crippen molar-refractivity contribution in [2.24, 2.45) is 0 Å². The van der Waals surface area contributed by atoms with Gasteiger partial charge in [-0.05, 0) is 30.3 Å². The minimum Gasteiger partial charge on any atom is -0.508 e. The van der Waals surface area contributed by atoms with Crippen LogP contribution in [0.1, 0.15) is 5.56 Å². The predicted molar refractivity (Wildman–Crippen MR) is 113 cm³/mol. The highest BCUT2D eigenvalue weighted by Crippen LogP contribution is 2.34. The highest BCUT2D eigenvalue weighted by Gasteiger charge is 2.19. The molecule has 4 rings (SSSR count). The summed E-state index contributed by atoms with van der Waals surface area (Å²) in [4.78, 5) is 17.1. The maximum atomic E-state index is 13.2. The van der Waals surface area contributed by atoms with Crippen molar-refractivity contribution in [3.63, 3.8) is 0 Å². The third-order valence-corrected chi connectivity index (χ3v) is 4.63. The second-order valence-corrected chi connectivity index (χ2v) is 7.01. The Bertz CT molecular complexity index is 1210. The molecule has 1 aromatic heterocycles. The molecule has 3 aromatic carbocycles. The molecule has 4 aromatic rings. The molecule has 0 aliphatic heterocycles. The second-order valence-electron chi connectivity index (χ2n) is 6.57. The molecule has 0 unspecified atom stereocenters. The maximum Gasteiger partial charge on any atom is 0.231 e. The van der Waals surface area contributed by atoms with Crippen LogP contribution in [0, 0.1) is 5.82 Å². The lowest BCUT2D eigenvalue weighted by atomic mass is 10.1. The van der Waals surface area contributed by atoms with Gasteiger partial charge in [-0.2, -0.15) is 0 Å². The van der Waals surface area contributed by atoms with Gasteiger partial charge in [0, 0.05) is 27.8 Å². The third-order valence-electron chi connectivity index (χ3n) is 4.40. The molecule has 0 bridgehead atoms. The monoisotopic (exact) mass is 422 g/mol. The molecule has 0 aliphatic carbocycles. The van der Waals surface area contributed by atoms with Crippen molar-refractivity contribution in [2.45, 2.75) is 6.42 Å². The van der Waals surface area contributed by atoms with Crippen LogP contribution < -0.4 is 5.32 Å². The lowest BCUT2D eigenvalue weighted by molar-refractivity contribution is -0.115. The van der Waals surface area contributed by atoms with Crippen LogP contribution in [-0.4, -0.2) is 16.0 Å². The van der Waals surface area contributed by atoms with E-state index in [0.717, 1.165) is 11.6 Å². The average molecular weight is 423 g/mol. The Hall–Kier alpha value is -3.64. The van der Waals surface area contributed by atoms with Crippen molar-refractivity contribution >= 4 is 23.4 Å². The standard InChI is InChI=1S/C23H16ClFN2O3/c24-17-8-4-7-16(11-17)21-23(30-22(27-21)14-5-2-1-3-6-14)26-20(29)12-15-9-10-18(25)13-19(15)28/h1-11,13,28H,12H2,(H,26,29). The van der Waals surface area contributed by atoms with Crippen LogP contribution in [0.25, 0.3) is 22.7 Å². The van der Waals surface area contributed by atoms with Gasteiger partial charge in [0.05, 0.1) is 6.42 Å². The first kappa shape index (κ1) is 19.7. The van der Waals surface area contributed by atoms with Gasteiger partial charge >= 0.3 is 0 Å². The van der Waals surface area contributed by atoms with Gasteiger partial charge in [-0.3, -0.25) is 10.1 Å². The summed E-state index contributed by atoms with van der Waals surface area (Å²) in [5.74, 6) is -0.824. The molecule has 0 spiro atoms. The third kappa shape index (κ3) is 4.34. The van der Waals surface area contributed by atoms with E-state index in [1.165, 1.54) is 12.1 Å². The highest BCUT2D eigenvalue weighted by atomic mass is 35.5. The van der Waals surface area contributed by atoms with Crippen molar-refractivity contribution in [2.75, 3.05) is 5.32 Å².